The fraction of sp³-hybridized carbons (Fsp3) is 1.00. The molecule has 2 rings (SSSR count). The Bertz CT molecular complexity index is 374. The third kappa shape index (κ3) is 3.06. The monoisotopic (exact) mass is 275 g/mol. The minimum absolute atomic E-state index is 0.129. The van der Waals surface area contributed by atoms with E-state index < -0.39 is 9.84 Å². The molecule has 0 aromatic heterocycles. The Morgan fingerprint density at radius 3 is 2.67 bits per heavy atom. The van der Waals surface area contributed by atoms with Crippen molar-refractivity contribution >= 4 is 9.84 Å². The van der Waals surface area contributed by atoms with Crippen LogP contribution in [0.4, 0.5) is 0 Å². The van der Waals surface area contributed by atoms with Gasteiger partial charge in [0.05, 0.1) is 16.6 Å². The second-order valence-electron chi connectivity index (χ2n) is 5.85. The Labute approximate surface area is 110 Å². The van der Waals surface area contributed by atoms with E-state index in [1.54, 1.807) is 0 Å². The molecule has 1 spiro atoms. The van der Waals surface area contributed by atoms with Crippen LogP contribution in [0.2, 0.25) is 0 Å². The summed E-state index contributed by atoms with van der Waals surface area (Å²) in [4.78, 5) is 0. The lowest BCUT2D eigenvalue weighted by Gasteiger charge is -2.38. The van der Waals surface area contributed by atoms with E-state index in [2.05, 4.69) is 0 Å². The van der Waals surface area contributed by atoms with Gasteiger partial charge in [0.1, 0.15) is 0 Å². The van der Waals surface area contributed by atoms with Gasteiger partial charge in [0.2, 0.25) is 0 Å². The molecule has 0 radical (unpaired) electrons. The lowest BCUT2D eigenvalue weighted by molar-refractivity contribution is -0.0713. The molecule has 2 aliphatic rings. The summed E-state index contributed by atoms with van der Waals surface area (Å²) in [6.45, 7) is 2.52. The summed E-state index contributed by atoms with van der Waals surface area (Å²) in [5, 5.41) is -0.234. The molecule has 2 fully saturated rings. The molecule has 5 heteroatoms. The predicted octanol–water partition coefficient (Wildman–Crippen LogP) is 1.63. The second kappa shape index (κ2) is 5.47. The van der Waals surface area contributed by atoms with Crippen LogP contribution in [-0.2, 0) is 14.6 Å². The maximum atomic E-state index is 12.4. The third-order valence-electron chi connectivity index (χ3n) is 4.44. The fourth-order valence-corrected chi connectivity index (χ4v) is 5.33. The highest BCUT2D eigenvalue weighted by Crippen LogP contribution is 2.41. The van der Waals surface area contributed by atoms with E-state index in [0.717, 1.165) is 12.8 Å². The summed E-state index contributed by atoms with van der Waals surface area (Å²) in [6, 6.07) is -0.225. The summed E-state index contributed by atoms with van der Waals surface area (Å²) in [5.74, 6) is 0.129. The van der Waals surface area contributed by atoms with E-state index in [0.29, 0.717) is 25.9 Å². The van der Waals surface area contributed by atoms with Crippen molar-refractivity contribution in [1.82, 2.24) is 0 Å². The molecule has 2 atom stereocenters. The van der Waals surface area contributed by atoms with E-state index in [1.165, 1.54) is 12.8 Å². The summed E-state index contributed by atoms with van der Waals surface area (Å²) in [5.41, 5.74) is 5.67. The van der Waals surface area contributed by atoms with Crippen LogP contribution >= 0.6 is 0 Å². The normalized spacial score (nSPS) is 29.6. The summed E-state index contributed by atoms with van der Waals surface area (Å²) in [6.07, 6.45) is 6.43. The highest BCUT2D eigenvalue weighted by molar-refractivity contribution is 7.92. The number of ether oxygens (including phenoxy) is 1. The van der Waals surface area contributed by atoms with Gasteiger partial charge in [-0.05, 0) is 32.1 Å². The van der Waals surface area contributed by atoms with Crippen LogP contribution in [0.15, 0.2) is 0 Å². The SMILES string of the molecule is CCC(N)CS(=O)(=O)C1CCOC2(CCCC2)C1. The van der Waals surface area contributed by atoms with Crippen LogP contribution in [0.25, 0.3) is 0 Å². The molecular weight excluding hydrogens is 250 g/mol. The minimum atomic E-state index is -3.06. The van der Waals surface area contributed by atoms with Crippen LogP contribution in [0.5, 0.6) is 0 Å². The smallest absolute Gasteiger partial charge is 0.154 e. The van der Waals surface area contributed by atoms with Crippen molar-refractivity contribution in [3.8, 4) is 0 Å². The van der Waals surface area contributed by atoms with Crippen molar-refractivity contribution in [2.75, 3.05) is 12.4 Å². The Hall–Kier alpha value is -0.130. The van der Waals surface area contributed by atoms with E-state index in [9.17, 15) is 8.42 Å². The van der Waals surface area contributed by atoms with Crippen LogP contribution < -0.4 is 5.73 Å². The number of nitrogens with two attached hydrogens (primary N) is 1. The first kappa shape index (κ1) is 14.3. The number of hydrogen-bond acceptors (Lipinski definition) is 4. The molecule has 2 N–H and O–H groups in total. The van der Waals surface area contributed by atoms with Gasteiger partial charge in [-0.3, -0.25) is 0 Å². The van der Waals surface area contributed by atoms with Crippen molar-refractivity contribution in [1.29, 1.82) is 0 Å². The second-order valence-corrected chi connectivity index (χ2v) is 8.18. The average molecular weight is 275 g/mol. The Kier molecular flexibility index (Phi) is 4.34. The molecule has 0 amide bonds. The Morgan fingerprint density at radius 1 is 1.39 bits per heavy atom. The van der Waals surface area contributed by atoms with Crippen molar-refractivity contribution in [3.05, 3.63) is 0 Å². The largest absolute Gasteiger partial charge is 0.375 e. The van der Waals surface area contributed by atoms with Gasteiger partial charge in [0.25, 0.3) is 0 Å². The zero-order chi connectivity index (χ0) is 13.2. The first-order valence-electron chi connectivity index (χ1n) is 7.08. The Morgan fingerprint density at radius 2 is 2.06 bits per heavy atom. The third-order valence-corrected chi connectivity index (χ3v) is 6.75. The van der Waals surface area contributed by atoms with Gasteiger partial charge < -0.3 is 10.5 Å². The predicted molar refractivity (Wildman–Crippen MR) is 72.2 cm³/mol. The van der Waals surface area contributed by atoms with E-state index >= 15 is 0 Å². The first-order chi connectivity index (χ1) is 8.47. The molecule has 1 saturated heterocycles. The van der Waals surface area contributed by atoms with Crippen LogP contribution in [-0.4, -0.2) is 37.7 Å². The van der Waals surface area contributed by atoms with Crippen LogP contribution in [0.1, 0.15) is 51.9 Å². The average Bonchev–Trinajstić information content (AvgIpc) is 2.76. The van der Waals surface area contributed by atoms with Crippen molar-refractivity contribution < 1.29 is 13.2 Å². The highest BCUT2D eigenvalue weighted by atomic mass is 32.2. The molecule has 0 bridgehead atoms. The molecule has 18 heavy (non-hydrogen) atoms. The lowest BCUT2D eigenvalue weighted by Crippen LogP contribution is -2.45. The van der Waals surface area contributed by atoms with Gasteiger partial charge in [-0.1, -0.05) is 19.8 Å². The molecule has 2 unspecified atom stereocenters. The molecule has 4 nitrogen and oxygen atoms in total. The molecule has 1 heterocycles. The number of rotatable bonds is 4. The van der Waals surface area contributed by atoms with Crippen LogP contribution in [0.3, 0.4) is 0 Å². The van der Waals surface area contributed by atoms with Crippen molar-refractivity contribution in [2.45, 2.75) is 68.8 Å². The maximum Gasteiger partial charge on any atom is 0.154 e. The van der Waals surface area contributed by atoms with Gasteiger partial charge in [0.15, 0.2) is 9.84 Å². The van der Waals surface area contributed by atoms with Gasteiger partial charge in [0, 0.05) is 12.6 Å². The van der Waals surface area contributed by atoms with Gasteiger partial charge >= 0.3 is 0 Å². The Balaban J connectivity index is 2.04. The fourth-order valence-electron chi connectivity index (χ4n) is 3.21. The van der Waals surface area contributed by atoms with Crippen molar-refractivity contribution in [3.63, 3.8) is 0 Å². The summed E-state index contributed by atoms with van der Waals surface area (Å²) >= 11 is 0. The van der Waals surface area contributed by atoms with E-state index in [-0.39, 0.29) is 22.6 Å². The first-order valence-corrected chi connectivity index (χ1v) is 8.80. The summed E-state index contributed by atoms with van der Waals surface area (Å²) < 4.78 is 30.6. The van der Waals surface area contributed by atoms with Crippen LogP contribution in [0, 0.1) is 0 Å². The highest BCUT2D eigenvalue weighted by Gasteiger charge is 2.43. The molecule has 1 aliphatic carbocycles. The van der Waals surface area contributed by atoms with E-state index in [1.807, 2.05) is 6.92 Å². The zero-order valence-electron chi connectivity index (χ0n) is 11.2. The maximum absolute atomic E-state index is 12.4. The van der Waals surface area contributed by atoms with Gasteiger partial charge in [-0.2, -0.15) is 0 Å². The lowest BCUT2D eigenvalue weighted by atomic mass is 9.92. The van der Waals surface area contributed by atoms with Gasteiger partial charge in [-0.25, -0.2) is 8.42 Å². The van der Waals surface area contributed by atoms with Crippen molar-refractivity contribution in [2.24, 2.45) is 5.73 Å². The number of hydrogen-bond donors (Lipinski definition) is 1. The van der Waals surface area contributed by atoms with Gasteiger partial charge in [-0.15, -0.1) is 0 Å². The standard InChI is InChI=1S/C13H25NO3S/c1-2-11(14)10-18(15,16)12-5-8-17-13(9-12)6-3-4-7-13/h11-12H,2-10,14H2,1H3. The number of sulfone groups is 1. The molecule has 0 aromatic rings. The summed E-state index contributed by atoms with van der Waals surface area (Å²) in [7, 11) is -3.06. The topological polar surface area (TPSA) is 69.4 Å². The molecule has 0 aromatic carbocycles. The quantitative estimate of drug-likeness (QED) is 0.846. The molecule has 1 aliphatic heterocycles. The molecule has 106 valence electrons. The molecule has 1 saturated carbocycles. The zero-order valence-corrected chi connectivity index (χ0v) is 12.0. The van der Waals surface area contributed by atoms with E-state index in [4.69, 9.17) is 10.5 Å². The molecular formula is C13H25NO3S. The minimum Gasteiger partial charge on any atom is -0.375 e.